The highest BCUT2D eigenvalue weighted by Crippen LogP contribution is 2.32. The molecule has 2 aromatic rings. The van der Waals surface area contributed by atoms with Crippen LogP contribution >= 0.6 is 0 Å². The van der Waals surface area contributed by atoms with E-state index in [-0.39, 0.29) is 5.78 Å². The maximum absolute atomic E-state index is 12.7. The van der Waals surface area contributed by atoms with Gasteiger partial charge in [0.2, 0.25) is 0 Å². The third kappa shape index (κ3) is 2.13. The molecular weight excluding hydrogens is 268 g/mol. The Morgan fingerprint density at radius 3 is 2.67 bits per heavy atom. The van der Waals surface area contributed by atoms with Crippen molar-refractivity contribution >= 4 is 28.3 Å². The number of esters is 1. The molecule has 0 radical (unpaired) electrons. The number of hydrogen-bond donors (Lipinski definition) is 0. The predicted molar refractivity (Wildman–Crippen MR) is 77.1 cm³/mol. The molecule has 0 N–H and O–H groups in total. The number of methoxy groups -OCH3 is 1. The van der Waals surface area contributed by atoms with E-state index in [1.54, 1.807) is 0 Å². The Labute approximate surface area is 121 Å². The first kappa shape index (κ1) is 13.5. The summed E-state index contributed by atoms with van der Waals surface area (Å²) in [7, 11) is 1.15. The standard InChI is InChI=1S/C17H14O4/c1-21-17(20)16(19)13-9-8-11-7-6-10-4-2-3-5-12(10)14(11)15(13)18/h2-7,13H,8-9H2,1H3/t13-/m0/s1. The lowest BCUT2D eigenvalue weighted by Gasteiger charge is -2.23. The van der Waals surface area contributed by atoms with Gasteiger partial charge in [0, 0.05) is 5.56 Å². The molecule has 0 saturated heterocycles. The van der Waals surface area contributed by atoms with Crippen molar-refractivity contribution in [2.45, 2.75) is 12.8 Å². The maximum atomic E-state index is 12.7. The average Bonchev–Trinajstić information content (AvgIpc) is 2.53. The fourth-order valence-electron chi connectivity index (χ4n) is 2.91. The molecule has 1 aliphatic carbocycles. The minimum atomic E-state index is -0.947. The van der Waals surface area contributed by atoms with Crippen molar-refractivity contribution in [3.63, 3.8) is 0 Å². The second-order valence-electron chi connectivity index (χ2n) is 5.13. The molecule has 4 heteroatoms. The first-order valence-corrected chi connectivity index (χ1v) is 6.80. The molecule has 0 spiro atoms. The summed E-state index contributed by atoms with van der Waals surface area (Å²) in [6, 6.07) is 11.5. The van der Waals surface area contributed by atoms with E-state index in [4.69, 9.17) is 0 Å². The number of carbonyl (C=O) groups is 3. The number of aryl methyl sites for hydroxylation is 1. The Morgan fingerprint density at radius 2 is 1.90 bits per heavy atom. The van der Waals surface area contributed by atoms with Gasteiger partial charge in [0.05, 0.1) is 13.0 Å². The quantitative estimate of drug-likeness (QED) is 0.482. The lowest BCUT2D eigenvalue weighted by atomic mass is 9.78. The average molecular weight is 282 g/mol. The molecule has 0 unspecified atom stereocenters. The highest BCUT2D eigenvalue weighted by molar-refractivity contribution is 6.40. The molecule has 106 valence electrons. The van der Waals surface area contributed by atoms with E-state index >= 15 is 0 Å². The van der Waals surface area contributed by atoms with Crippen molar-refractivity contribution in [1.29, 1.82) is 0 Å². The summed E-state index contributed by atoms with van der Waals surface area (Å²) in [6.07, 6.45) is 0.970. The molecule has 4 nitrogen and oxygen atoms in total. The van der Waals surface area contributed by atoms with E-state index < -0.39 is 17.7 Å². The van der Waals surface area contributed by atoms with E-state index in [0.717, 1.165) is 23.4 Å². The number of rotatable bonds is 2. The summed E-state index contributed by atoms with van der Waals surface area (Å²) in [6.45, 7) is 0. The zero-order valence-corrected chi connectivity index (χ0v) is 11.6. The second kappa shape index (κ2) is 5.13. The van der Waals surface area contributed by atoms with Gasteiger partial charge in [-0.3, -0.25) is 9.59 Å². The fraction of sp³-hybridized carbons (Fsp3) is 0.235. The molecule has 2 aromatic carbocycles. The zero-order valence-electron chi connectivity index (χ0n) is 11.6. The van der Waals surface area contributed by atoms with Gasteiger partial charge in [-0.15, -0.1) is 0 Å². The van der Waals surface area contributed by atoms with Gasteiger partial charge in [0.15, 0.2) is 5.78 Å². The number of ketones is 2. The van der Waals surface area contributed by atoms with E-state index in [1.807, 2.05) is 36.4 Å². The lowest BCUT2D eigenvalue weighted by Crippen LogP contribution is -2.34. The van der Waals surface area contributed by atoms with Crippen molar-refractivity contribution in [3.8, 4) is 0 Å². The van der Waals surface area contributed by atoms with Crippen LogP contribution < -0.4 is 0 Å². The van der Waals surface area contributed by atoms with Gasteiger partial charge in [0.25, 0.3) is 5.78 Å². The summed E-state index contributed by atoms with van der Waals surface area (Å²) >= 11 is 0. The van der Waals surface area contributed by atoms with Crippen LogP contribution in [0.3, 0.4) is 0 Å². The molecule has 0 aromatic heterocycles. The van der Waals surface area contributed by atoms with E-state index in [2.05, 4.69) is 4.74 Å². The monoisotopic (exact) mass is 282 g/mol. The molecule has 0 aliphatic heterocycles. The van der Waals surface area contributed by atoms with Gasteiger partial charge in [-0.1, -0.05) is 36.4 Å². The van der Waals surface area contributed by atoms with Gasteiger partial charge < -0.3 is 4.74 Å². The van der Waals surface area contributed by atoms with Crippen LogP contribution in [-0.2, 0) is 20.7 Å². The molecule has 0 heterocycles. The third-order valence-electron chi connectivity index (χ3n) is 3.98. The molecule has 21 heavy (non-hydrogen) atoms. The minimum Gasteiger partial charge on any atom is -0.463 e. The van der Waals surface area contributed by atoms with Gasteiger partial charge in [-0.25, -0.2) is 4.79 Å². The van der Waals surface area contributed by atoms with Gasteiger partial charge >= 0.3 is 5.97 Å². The van der Waals surface area contributed by atoms with Crippen molar-refractivity contribution < 1.29 is 19.1 Å². The van der Waals surface area contributed by atoms with Crippen LogP contribution in [-0.4, -0.2) is 24.6 Å². The number of ether oxygens (including phenoxy) is 1. The van der Waals surface area contributed by atoms with Crippen molar-refractivity contribution in [2.75, 3.05) is 7.11 Å². The molecule has 3 rings (SSSR count). The molecule has 1 atom stereocenters. The number of carbonyl (C=O) groups excluding carboxylic acids is 3. The number of fused-ring (bicyclic) bond motifs is 3. The van der Waals surface area contributed by atoms with Crippen molar-refractivity contribution in [3.05, 3.63) is 47.5 Å². The van der Waals surface area contributed by atoms with E-state index in [9.17, 15) is 14.4 Å². The summed E-state index contributed by atoms with van der Waals surface area (Å²) in [5.74, 6) is -2.89. The predicted octanol–water partition coefficient (Wildman–Crippen LogP) is 2.33. The SMILES string of the molecule is COC(=O)C(=O)[C@H]1CCc2ccc3ccccc3c2C1=O. The lowest BCUT2D eigenvalue weighted by molar-refractivity contribution is -0.153. The minimum absolute atomic E-state index is 0.275. The first-order chi connectivity index (χ1) is 10.1. The summed E-state index contributed by atoms with van der Waals surface area (Å²) in [5.41, 5.74) is 1.51. The van der Waals surface area contributed by atoms with Crippen LogP contribution in [0.5, 0.6) is 0 Å². The molecule has 1 aliphatic rings. The molecule has 0 bridgehead atoms. The topological polar surface area (TPSA) is 60.4 Å². The van der Waals surface area contributed by atoms with E-state index in [1.165, 1.54) is 0 Å². The fourth-order valence-corrected chi connectivity index (χ4v) is 2.91. The number of benzene rings is 2. The van der Waals surface area contributed by atoms with Crippen molar-refractivity contribution in [2.24, 2.45) is 5.92 Å². The molecule has 0 fully saturated rings. The second-order valence-corrected chi connectivity index (χ2v) is 5.13. The molecule has 0 saturated carbocycles. The smallest absolute Gasteiger partial charge is 0.375 e. The van der Waals surface area contributed by atoms with E-state index in [0.29, 0.717) is 18.4 Å². The van der Waals surface area contributed by atoms with Crippen LogP contribution in [0.2, 0.25) is 0 Å². The van der Waals surface area contributed by atoms with Gasteiger partial charge in [-0.05, 0) is 29.2 Å². The Morgan fingerprint density at radius 1 is 1.14 bits per heavy atom. The van der Waals surface area contributed by atoms with Gasteiger partial charge in [-0.2, -0.15) is 0 Å². The Bertz CT molecular complexity index is 760. The summed E-state index contributed by atoms with van der Waals surface area (Å²) in [5, 5.41) is 1.79. The normalized spacial score (nSPS) is 17.4. The number of hydrogen-bond acceptors (Lipinski definition) is 4. The van der Waals surface area contributed by atoms with Crippen LogP contribution in [0.4, 0.5) is 0 Å². The maximum Gasteiger partial charge on any atom is 0.375 e. The Hall–Kier alpha value is -2.49. The molecule has 0 amide bonds. The largest absolute Gasteiger partial charge is 0.463 e. The third-order valence-corrected chi connectivity index (χ3v) is 3.98. The zero-order chi connectivity index (χ0) is 15.0. The highest BCUT2D eigenvalue weighted by atomic mass is 16.5. The number of Topliss-reactive ketones (excluding diaryl/α,β-unsaturated/α-hetero) is 2. The van der Waals surface area contributed by atoms with Gasteiger partial charge in [0.1, 0.15) is 0 Å². The summed E-state index contributed by atoms with van der Waals surface area (Å²) < 4.78 is 4.45. The first-order valence-electron chi connectivity index (χ1n) is 6.80. The Kier molecular flexibility index (Phi) is 3.29. The summed E-state index contributed by atoms with van der Waals surface area (Å²) in [4.78, 5) is 36.1. The van der Waals surface area contributed by atoms with Crippen LogP contribution in [0.1, 0.15) is 22.3 Å². The molecular formula is C17H14O4. The Balaban J connectivity index is 2.10. The highest BCUT2D eigenvalue weighted by Gasteiger charge is 2.37. The van der Waals surface area contributed by atoms with Crippen LogP contribution in [0.25, 0.3) is 10.8 Å². The van der Waals surface area contributed by atoms with Crippen LogP contribution in [0, 0.1) is 5.92 Å². The van der Waals surface area contributed by atoms with Crippen LogP contribution in [0.15, 0.2) is 36.4 Å². The van der Waals surface area contributed by atoms with Crippen molar-refractivity contribution in [1.82, 2.24) is 0 Å².